The minimum absolute atomic E-state index is 0.219. The molecule has 0 saturated carbocycles. The van der Waals surface area contributed by atoms with Crippen molar-refractivity contribution in [3.05, 3.63) is 35.5 Å². The number of pyridine rings is 1. The molecule has 4 nitrogen and oxygen atoms in total. The van der Waals surface area contributed by atoms with E-state index in [2.05, 4.69) is 22.2 Å². The van der Waals surface area contributed by atoms with E-state index in [1.54, 1.807) is 6.20 Å². The molecule has 5 heteroatoms. The largest absolute Gasteiger partial charge is 0.382 e. The fraction of sp³-hybridized carbons (Fsp3) is 0.400. The van der Waals surface area contributed by atoms with Gasteiger partial charge in [-0.05, 0) is 19.2 Å². The Kier molecular flexibility index (Phi) is 4.05. The van der Waals surface area contributed by atoms with Gasteiger partial charge in [0.25, 0.3) is 0 Å². The topological polar surface area (TPSA) is 37.4 Å². The SMILES string of the molecule is CN1CCOC(CNc2ccnc3c(Cl)cccc23)C1. The van der Waals surface area contributed by atoms with Crippen molar-refractivity contribution >= 4 is 28.2 Å². The molecule has 1 saturated heterocycles. The van der Waals surface area contributed by atoms with Crippen LogP contribution in [0.15, 0.2) is 30.5 Å². The lowest BCUT2D eigenvalue weighted by Gasteiger charge is -2.30. The minimum Gasteiger partial charge on any atom is -0.382 e. The van der Waals surface area contributed by atoms with Crippen molar-refractivity contribution in [1.29, 1.82) is 0 Å². The molecule has 1 N–H and O–H groups in total. The number of fused-ring (bicyclic) bond motifs is 1. The van der Waals surface area contributed by atoms with Crippen LogP contribution in [0.4, 0.5) is 5.69 Å². The zero-order valence-electron chi connectivity index (χ0n) is 11.5. The molecule has 0 bridgehead atoms. The number of anilines is 1. The third kappa shape index (κ3) is 2.87. The van der Waals surface area contributed by atoms with E-state index in [4.69, 9.17) is 16.3 Å². The average molecular weight is 292 g/mol. The zero-order chi connectivity index (χ0) is 13.9. The van der Waals surface area contributed by atoms with Crippen LogP contribution in [-0.4, -0.2) is 49.3 Å². The lowest BCUT2D eigenvalue weighted by atomic mass is 10.2. The summed E-state index contributed by atoms with van der Waals surface area (Å²) in [5.74, 6) is 0. The van der Waals surface area contributed by atoms with Crippen LogP contribution in [0, 0.1) is 0 Å². The molecule has 1 fully saturated rings. The lowest BCUT2D eigenvalue weighted by Crippen LogP contribution is -2.43. The van der Waals surface area contributed by atoms with E-state index in [-0.39, 0.29) is 6.10 Å². The maximum atomic E-state index is 6.18. The molecule has 0 amide bonds. The summed E-state index contributed by atoms with van der Waals surface area (Å²) in [5, 5.41) is 5.18. The predicted molar refractivity (Wildman–Crippen MR) is 82.5 cm³/mol. The Morgan fingerprint density at radius 1 is 1.45 bits per heavy atom. The smallest absolute Gasteiger partial charge is 0.0908 e. The third-order valence-electron chi connectivity index (χ3n) is 3.58. The molecule has 1 aromatic heterocycles. The van der Waals surface area contributed by atoms with Gasteiger partial charge in [-0.2, -0.15) is 0 Å². The summed E-state index contributed by atoms with van der Waals surface area (Å²) in [5.41, 5.74) is 1.88. The van der Waals surface area contributed by atoms with E-state index in [9.17, 15) is 0 Å². The van der Waals surface area contributed by atoms with Gasteiger partial charge in [0.2, 0.25) is 0 Å². The van der Waals surface area contributed by atoms with Crippen molar-refractivity contribution in [2.45, 2.75) is 6.10 Å². The zero-order valence-corrected chi connectivity index (χ0v) is 12.2. The molecule has 1 atom stereocenters. The van der Waals surface area contributed by atoms with E-state index < -0.39 is 0 Å². The highest BCUT2D eigenvalue weighted by molar-refractivity contribution is 6.35. The Hall–Kier alpha value is -1.36. The second-order valence-corrected chi connectivity index (χ2v) is 5.54. The number of hydrogen-bond acceptors (Lipinski definition) is 4. The van der Waals surface area contributed by atoms with Crippen molar-refractivity contribution in [3.63, 3.8) is 0 Å². The van der Waals surface area contributed by atoms with Gasteiger partial charge in [0, 0.05) is 36.9 Å². The molecule has 20 heavy (non-hydrogen) atoms. The Bertz CT molecular complexity index is 605. The Labute approximate surface area is 123 Å². The Morgan fingerprint density at radius 3 is 3.20 bits per heavy atom. The molecule has 1 aliphatic heterocycles. The summed E-state index contributed by atoms with van der Waals surface area (Å²) in [4.78, 5) is 6.63. The lowest BCUT2D eigenvalue weighted by molar-refractivity contribution is -0.0117. The third-order valence-corrected chi connectivity index (χ3v) is 3.89. The number of likely N-dealkylation sites (N-methyl/N-ethyl adjacent to an activating group) is 1. The second-order valence-electron chi connectivity index (χ2n) is 5.13. The molecule has 2 aromatic rings. The van der Waals surface area contributed by atoms with Crippen LogP contribution in [0.1, 0.15) is 0 Å². The highest BCUT2D eigenvalue weighted by Gasteiger charge is 2.17. The van der Waals surface area contributed by atoms with Gasteiger partial charge in [0.15, 0.2) is 0 Å². The number of hydrogen-bond donors (Lipinski definition) is 1. The molecule has 106 valence electrons. The second kappa shape index (κ2) is 5.95. The maximum Gasteiger partial charge on any atom is 0.0908 e. The van der Waals surface area contributed by atoms with Crippen LogP contribution in [0.2, 0.25) is 5.02 Å². The molecule has 2 heterocycles. The van der Waals surface area contributed by atoms with E-state index in [0.29, 0.717) is 5.02 Å². The van der Waals surface area contributed by atoms with Gasteiger partial charge in [-0.1, -0.05) is 23.7 Å². The van der Waals surface area contributed by atoms with Gasteiger partial charge in [-0.25, -0.2) is 0 Å². The number of ether oxygens (including phenoxy) is 1. The molecule has 1 unspecified atom stereocenters. The molecule has 0 radical (unpaired) electrons. The summed E-state index contributed by atoms with van der Waals surface area (Å²) in [6.45, 7) is 3.54. The van der Waals surface area contributed by atoms with Gasteiger partial charge in [-0.3, -0.25) is 4.98 Å². The normalized spacial score (nSPS) is 20.2. The molecule has 3 rings (SSSR count). The van der Waals surface area contributed by atoms with Crippen LogP contribution < -0.4 is 5.32 Å². The minimum atomic E-state index is 0.219. The van der Waals surface area contributed by atoms with Crippen LogP contribution in [0.5, 0.6) is 0 Å². The maximum absolute atomic E-state index is 6.18. The first kappa shape index (κ1) is 13.6. The summed E-state index contributed by atoms with van der Waals surface area (Å²) >= 11 is 6.18. The van der Waals surface area contributed by atoms with Crippen LogP contribution in [-0.2, 0) is 4.74 Å². The Balaban J connectivity index is 1.76. The Morgan fingerprint density at radius 2 is 2.35 bits per heavy atom. The quantitative estimate of drug-likeness (QED) is 0.943. The summed E-state index contributed by atoms with van der Waals surface area (Å²) in [7, 11) is 2.12. The molecular weight excluding hydrogens is 274 g/mol. The first-order valence-electron chi connectivity index (χ1n) is 6.81. The van der Waals surface area contributed by atoms with E-state index in [1.165, 1.54) is 0 Å². The monoisotopic (exact) mass is 291 g/mol. The summed E-state index contributed by atoms with van der Waals surface area (Å²) in [6.07, 6.45) is 2.00. The van der Waals surface area contributed by atoms with Crippen LogP contribution in [0.3, 0.4) is 0 Å². The van der Waals surface area contributed by atoms with E-state index >= 15 is 0 Å². The number of benzene rings is 1. The standard InChI is InChI=1S/C15H18ClN3O/c1-19-7-8-20-11(10-19)9-18-14-5-6-17-15-12(14)3-2-4-13(15)16/h2-6,11H,7-10H2,1H3,(H,17,18). The first-order valence-corrected chi connectivity index (χ1v) is 7.19. The van der Waals surface area contributed by atoms with Gasteiger partial charge < -0.3 is 15.0 Å². The van der Waals surface area contributed by atoms with Crippen molar-refractivity contribution in [2.75, 3.05) is 38.6 Å². The molecule has 1 aliphatic rings. The number of para-hydroxylation sites is 1. The van der Waals surface area contributed by atoms with Gasteiger partial charge in [0.1, 0.15) is 0 Å². The fourth-order valence-electron chi connectivity index (χ4n) is 2.51. The first-order chi connectivity index (χ1) is 9.74. The molecule has 0 spiro atoms. The van der Waals surface area contributed by atoms with Gasteiger partial charge in [-0.15, -0.1) is 0 Å². The van der Waals surface area contributed by atoms with Gasteiger partial charge >= 0.3 is 0 Å². The van der Waals surface area contributed by atoms with Crippen molar-refractivity contribution in [3.8, 4) is 0 Å². The summed E-state index contributed by atoms with van der Waals surface area (Å²) in [6, 6.07) is 7.82. The van der Waals surface area contributed by atoms with Crippen molar-refractivity contribution in [2.24, 2.45) is 0 Å². The number of morpholine rings is 1. The fourth-order valence-corrected chi connectivity index (χ4v) is 2.73. The molecule has 1 aromatic carbocycles. The number of halogens is 1. The van der Waals surface area contributed by atoms with Crippen molar-refractivity contribution in [1.82, 2.24) is 9.88 Å². The van der Waals surface area contributed by atoms with E-state index in [0.717, 1.165) is 42.8 Å². The number of rotatable bonds is 3. The average Bonchev–Trinajstić information content (AvgIpc) is 2.46. The number of aromatic nitrogens is 1. The molecular formula is C15H18ClN3O. The van der Waals surface area contributed by atoms with Crippen LogP contribution in [0.25, 0.3) is 10.9 Å². The number of nitrogens with zero attached hydrogens (tertiary/aromatic N) is 2. The number of nitrogens with one attached hydrogen (secondary N) is 1. The predicted octanol–water partition coefficient (Wildman–Crippen LogP) is 2.63. The summed E-state index contributed by atoms with van der Waals surface area (Å²) < 4.78 is 5.76. The van der Waals surface area contributed by atoms with Gasteiger partial charge in [0.05, 0.1) is 23.3 Å². The van der Waals surface area contributed by atoms with Crippen molar-refractivity contribution < 1.29 is 4.74 Å². The highest BCUT2D eigenvalue weighted by Crippen LogP contribution is 2.27. The van der Waals surface area contributed by atoms with Crippen LogP contribution >= 0.6 is 11.6 Å². The highest BCUT2D eigenvalue weighted by atomic mass is 35.5. The van der Waals surface area contributed by atoms with E-state index in [1.807, 2.05) is 24.3 Å². The molecule has 0 aliphatic carbocycles.